The molecule has 4 rings (SSSR count). The molecule has 0 bridgehead atoms. The number of rotatable bonds is 2. The van der Waals surface area contributed by atoms with Crippen molar-refractivity contribution in [3.63, 3.8) is 0 Å². The van der Waals surface area contributed by atoms with Crippen LogP contribution in [0.5, 0.6) is 5.75 Å². The number of aliphatic carboxylic acids is 1. The molecular weight excluding hydrogens is 292 g/mol. The van der Waals surface area contributed by atoms with Gasteiger partial charge in [0.05, 0.1) is 6.04 Å². The van der Waals surface area contributed by atoms with Crippen LogP contribution in [0.4, 0.5) is 0 Å². The Labute approximate surface area is 132 Å². The van der Waals surface area contributed by atoms with E-state index in [-0.39, 0.29) is 11.8 Å². The monoisotopic (exact) mass is 308 g/mol. The molecule has 0 aliphatic carbocycles. The number of carbonyl (C=O) groups is 1. The number of carboxylic acid groups (broad SMARTS) is 1. The van der Waals surface area contributed by atoms with E-state index in [4.69, 9.17) is 0 Å². The summed E-state index contributed by atoms with van der Waals surface area (Å²) in [6.07, 6.45) is 0.435. The van der Waals surface area contributed by atoms with Crippen LogP contribution in [0.15, 0.2) is 48.5 Å². The van der Waals surface area contributed by atoms with Gasteiger partial charge in [0.2, 0.25) is 0 Å². The first-order chi connectivity index (χ1) is 11.1. The third-order valence-corrected chi connectivity index (χ3v) is 4.41. The SMILES string of the molecule is O=C(O)[C@@H]1Cc2c([nH]c3ccccc23)[C@H](c2cccc(O)c2)N1. The van der Waals surface area contributed by atoms with Crippen molar-refractivity contribution >= 4 is 16.9 Å². The smallest absolute Gasteiger partial charge is 0.321 e. The lowest BCUT2D eigenvalue weighted by atomic mass is 9.90. The highest BCUT2D eigenvalue weighted by Crippen LogP contribution is 2.35. The van der Waals surface area contributed by atoms with E-state index in [1.165, 1.54) is 0 Å². The Morgan fingerprint density at radius 1 is 1.13 bits per heavy atom. The Bertz CT molecular complexity index is 900. The van der Waals surface area contributed by atoms with Crippen LogP contribution in [0.25, 0.3) is 10.9 Å². The van der Waals surface area contributed by atoms with Crippen LogP contribution in [0.2, 0.25) is 0 Å². The molecule has 0 unspecified atom stereocenters. The lowest BCUT2D eigenvalue weighted by molar-refractivity contribution is -0.139. The summed E-state index contributed by atoms with van der Waals surface area (Å²) in [5.74, 6) is -0.703. The normalized spacial score (nSPS) is 20.3. The van der Waals surface area contributed by atoms with E-state index < -0.39 is 12.0 Å². The lowest BCUT2D eigenvalue weighted by Gasteiger charge is -2.29. The third-order valence-electron chi connectivity index (χ3n) is 4.41. The van der Waals surface area contributed by atoms with Crippen LogP contribution in [-0.4, -0.2) is 27.2 Å². The molecule has 23 heavy (non-hydrogen) atoms. The molecule has 116 valence electrons. The van der Waals surface area contributed by atoms with E-state index in [1.807, 2.05) is 30.3 Å². The summed E-state index contributed by atoms with van der Waals surface area (Å²) in [4.78, 5) is 15.0. The van der Waals surface area contributed by atoms with Crippen LogP contribution in [0.3, 0.4) is 0 Å². The molecule has 0 saturated heterocycles. The predicted octanol–water partition coefficient (Wildman–Crippen LogP) is 2.56. The summed E-state index contributed by atoms with van der Waals surface area (Å²) in [6.45, 7) is 0. The van der Waals surface area contributed by atoms with Gasteiger partial charge in [-0.1, -0.05) is 30.3 Å². The highest BCUT2D eigenvalue weighted by Gasteiger charge is 2.33. The van der Waals surface area contributed by atoms with Crippen molar-refractivity contribution in [2.45, 2.75) is 18.5 Å². The number of nitrogens with one attached hydrogen (secondary N) is 2. The van der Waals surface area contributed by atoms with Gasteiger partial charge in [0.15, 0.2) is 0 Å². The summed E-state index contributed by atoms with van der Waals surface area (Å²) < 4.78 is 0. The average Bonchev–Trinajstić information content (AvgIpc) is 2.92. The maximum absolute atomic E-state index is 11.5. The highest BCUT2D eigenvalue weighted by molar-refractivity contribution is 5.87. The number of aromatic amines is 1. The summed E-state index contributed by atoms with van der Waals surface area (Å²) in [5.41, 5.74) is 3.83. The van der Waals surface area contributed by atoms with Gasteiger partial charge in [0, 0.05) is 23.0 Å². The second-order valence-corrected chi connectivity index (χ2v) is 5.85. The Hall–Kier alpha value is -2.79. The number of fused-ring (bicyclic) bond motifs is 3. The fraction of sp³-hybridized carbons (Fsp3) is 0.167. The molecule has 0 saturated carbocycles. The summed E-state index contributed by atoms with van der Waals surface area (Å²) in [6, 6.07) is 13.9. The zero-order valence-corrected chi connectivity index (χ0v) is 12.3. The van der Waals surface area contributed by atoms with E-state index >= 15 is 0 Å². The van der Waals surface area contributed by atoms with Crippen LogP contribution in [-0.2, 0) is 11.2 Å². The van der Waals surface area contributed by atoms with Gasteiger partial charge < -0.3 is 15.2 Å². The van der Waals surface area contributed by atoms with Gasteiger partial charge in [-0.15, -0.1) is 0 Å². The molecule has 0 fully saturated rings. The van der Waals surface area contributed by atoms with Crippen molar-refractivity contribution in [3.05, 3.63) is 65.4 Å². The first kappa shape index (κ1) is 13.8. The van der Waals surface area contributed by atoms with Gasteiger partial charge in [-0.25, -0.2) is 0 Å². The molecule has 3 aromatic rings. The van der Waals surface area contributed by atoms with Gasteiger partial charge >= 0.3 is 5.97 Å². The van der Waals surface area contributed by atoms with E-state index in [0.717, 1.165) is 27.7 Å². The fourth-order valence-corrected chi connectivity index (χ4v) is 3.36. The molecule has 0 radical (unpaired) electrons. The maximum Gasteiger partial charge on any atom is 0.321 e. The largest absolute Gasteiger partial charge is 0.508 e. The van der Waals surface area contributed by atoms with E-state index in [2.05, 4.69) is 10.3 Å². The molecule has 5 heteroatoms. The van der Waals surface area contributed by atoms with Crippen molar-refractivity contribution in [1.29, 1.82) is 0 Å². The molecule has 2 aromatic carbocycles. The Morgan fingerprint density at radius 2 is 1.96 bits per heavy atom. The lowest BCUT2D eigenvalue weighted by Crippen LogP contribution is -2.44. The Morgan fingerprint density at radius 3 is 2.74 bits per heavy atom. The van der Waals surface area contributed by atoms with Crippen LogP contribution in [0.1, 0.15) is 22.9 Å². The summed E-state index contributed by atoms with van der Waals surface area (Å²) in [7, 11) is 0. The quantitative estimate of drug-likeness (QED) is 0.586. The van der Waals surface area contributed by atoms with Gasteiger partial charge in [0.25, 0.3) is 0 Å². The predicted molar refractivity (Wildman–Crippen MR) is 86.5 cm³/mol. The van der Waals surface area contributed by atoms with Crippen molar-refractivity contribution in [2.75, 3.05) is 0 Å². The average molecular weight is 308 g/mol. The molecule has 1 aromatic heterocycles. The summed E-state index contributed by atoms with van der Waals surface area (Å²) >= 11 is 0. The number of carboxylic acids is 1. The first-order valence-electron chi connectivity index (χ1n) is 7.51. The van der Waals surface area contributed by atoms with Gasteiger partial charge in [0.1, 0.15) is 11.8 Å². The van der Waals surface area contributed by atoms with Gasteiger partial charge in [-0.2, -0.15) is 0 Å². The first-order valence-corrected chi connectivity index (χ1v) is 7.51. The molecule has 5 nitrogen and oxygen atoms in total. The molecular formula is C18H16N2O3. The number of benzene rings is 2. The van der Waals surface area contributed by atoms with Gasteiger partial charge in [-0.3, -0.25) is 10.1 Å². The van der Waals surface area contributed by atoms with Crippen LogP contribution >= 0.6 is 0 Å². The number of phenols is 1. The minimum Gasteiger partial charge on any atom is -0.508 e. The topological polar surface area (TPSA) is 85.3 Å². The minimum atomic E-state index is -0.869. The standard InChI is InChI=1S/C18H16N2O3/c21-11-5-3-4-10(8-11)16-17-13(9-15(20-16)18(22)23)12-6-1-2-7-14(12)19-17/h1-8,15-16,19-21H,9H2,(H,22,23)/t15-,16-/m0/s1. The zero-order chi connectivity index (χ0) is 16.0. The highest BCUT2D eigenvalue weighted by atomic mass is 16.4. The molecule has 0 spiro atoms. The molecule has 1 aliphatic rings. The van der Waals surface area contributed by atoms with Crippen LogP contribution < -0.4 is 5.32 Å². The third kappa shape index (κ3) is 2.26. The minimum absolute atomic E-state index is 0.166. The number of aromatic hydroxyl groups is 1. The van der Waals surface area contributed by atoms with Gasteiger partial charge in [-0.05, 0) is 29.3 Å². The molecule has 2 atom stereocenters. The molecule has 0 amide bonds. The number of H-pyrrole nitrogens is 1. The molecule has 4 N–H and O–H groups in total. The van der Waals surface area contributed by atoms with E-state index in [1.54, 1.807) is 18.2 Å². The second-order valence-electron chi connectivity index (χ2n) is 5.85. The van der Waals surface area contributed by atoms with Crippen molar-refractivity contribution in [2.24, 2.45) is 0 Å². The van der Waals surface area contributed by atoms with Crippen molar-refractivity contribution < 1.29 is 15.0 Å². The number of phenolic OH excluding ortho intramolecular Hbond substituents is 1. The van der Waals surface area contributed by atoms with Crippen molar-refractivity contribution in [1.82, 2.24) is 10.3 Å². The fourth-order valence-electron chi connectivity index (χ4n) is 3.36. The number of hydrogen-bond acceptors (Lipinski definition) is 3. The van der Waals surface area contributed by atoms with E-state index in [9.17, 15) is 15.0 Å². The van der Waals surface area contributed by atoms with Crippen molar-refractivity contribution in [3.8, 4) is 5.75 Å². The number of para-hydroxylation sites is 1. The molecule has 1 aliphatic heterocycles. The zero-order valence-electron chi connectivity index (χ0n) is 12.3. The summed E-state index contributed by atoms with van der Waals surface area (Å²) in [5, 5.41) is 23.5. The molecule has 2 heterocycles. The Kier molecular flexibility index (Phi) is 3.09. The maximum atomic E-state index is 11.5. The second kappa shape index (κ2) is 5.14. The Balaban J connectivity index is 1.91. The van der Waals surface area contributed by atoms with Crippen LogP contribution in [0, 0.1) is 0 Å². The van der Waals surface area contributed by atoms with E-state index in [0.29, 0.717) is 6.42 Å². The number of hydrogen-bond donors (Lipinski definition) is 4. The number of aromatic nitrogens is 1.